The summed E-state index contributed by atoms with van der Waals surface area (Å²) in [6, 6.07) is 14.0. The fourth-order valence-corrected chi connectivity index (χ4v) is 4.07. The monoisotopic (exact) mass is 427 g/mol. The van der Waals surface area contributed by atoms with Crippen molar-refractivity contribution in [2.75, 3.05) is 26.7 Å². The molecule has 4 amide bonds. The summed E-state index contributed by atoms with van der Waals surface area (Å²) in [4.78, 5) is 40.7. The average Bonchev–Trinajstić information content (AvgIpc) is 3.22. The molecule has 1 N–H and O–H groups in total. The Balaban J connectivity index is 1.36. The van der Waals surface area contributed by atoms with Gasteiger partial charge in [0.15, 0.2) is 0 Å². The highest BCUT2D eigenvalue weighted by Crippen LogP contribution is 2.41. The van der Waals surface area contributed by atoms with Crippen LogP contribution in [0.1, 0.15) is 17.5 Å². The van der Waals surface area contributed by atoms with Gasteiger partial charge in [-0.1, -0.05) is 35.9 Å². The maximum absolute atomic E-state index is 13.1. The largest absolute Gasteiger partial charge is 0.492 e. The number of aryl methyl sites for hydroxylation is 1. The maximum Gasteiger partial charge on any atom is 0.325 e. The van der Waals surface area contributed by atoms with Crippen LogP contribution in [0.4, 0.5) is 4.79 Å². The van der Waals surface area contributed by atoms with Gasteiger partial charge in [0.05, 0.1) is 6.54 Å². The minimum Gasteiger partial charge on any atom is -0.492 e. The number of imide groups is 1. The number of fused-ring (bicyclic) bond motifs is 2. The number of ether oxygens (including phenoxy) is 1. The fourth-order valence-electron chi connectivity index (χ4n) is 3.95. The van der Waals surface area contributed by atoms with Crippen LogP contribution in [0.15, 0.2) is 48.5 Å². The van der Waals surface area contributed by atoms with Gasteiger partial charge in [0.1, 0.15) is 24.4 Å². The third kappa shape index (κ3) is 3.61. The van der Waals surface area contributed by atoms with Crippen molar-refractivity contribution >= 4 is 29.4 Å². The molecule has 2 aliphatic rings. The Labute approximate surface area is 179 Å². The van der Waals surface area contributed by atoms with Gasteiger partial charge in [-0.05, 0) is 48.2 Å². The Hall–Kier alpha value is -3.06. The summed E-state index contributed by atoms with van der Waals surface area (Å²) in [5.41, 5.74) is 0.823. The van der Waals surface area contributed by atoms with E-state index in [9.17, 15) is 14.4 Å². The van der Waals surface area contributed by atoms with E-state index in [1.165, 1.54) is 4.90 Å². The van der Waals surface area contributed by atoms with Gasteiger partial charge in [0.25, 0.3) is 5.91 Å². The second-order valence-corrected chi connectivity index (χ2v) is 7.94. The van der Waals surface area contributed by atoms with Gasteiger partial charge in [-0.2, -0.15) is 0 Å². The number of halogens is 1. The standard InChI is InChI=1S/C22H22ClN3O4/c1-25(12-13-30-17-8-6-16(23)7-9-17)19(27)14-26-20(28)22(24-21(26)29)11-10-15-4-2-3-5-18(15)22/h2-9H,10-14H2,1H3,(H,24,29)/t22-/m0/s1. The van der Waals surface area contributed by atoms with Gasteiger partial charge >= 0.3 is 6.03 Å². The number of carbonyl (C=O) groups excluding carboxylic acids is 3. The number of urea groups is 1. The van der Waals surface area contributed by atoms with Crippen molar-refractivity contribution in [3.05, 3.63) is 64.7 Å². The van der Waals surface area contributed by atoms with E-state index in [2.05, 4.69) is 5.32 Å². The van der Waals surface area contributed by atoms with Gasteiger partial charge in [0.2, 0.25) is 5.91 Å². The molecule has 2 aromatic rings. The molecule has 1 atom stereocenters. The van der Waals surface area contributed by atoms with Gasteiger partial charge in [-0.15, -0.1) is 0 Å². The SMILES string of the molecule is CN(CCOc1ccc(Cl)cc1)C(=O)CN1C(=O)N[C@]2(CCc3ccccc32)C1=O. The van der Waals surface area contributed by atoms with E-state index >= 15 is 0 Å². The second-order valence-electron chi connectivity index (χ2n) is 7.50. The highest BCUT2D eigenvalue weighted by Gasteiger charge is 2.55. The quantitative estimate of drug-likeness (QED) is 0.718. The van der Waals surface area contributed by atoms with Crippen LogP contribution in [0.3, 0.4) is 0 Å². The van der Waals surface area contributed by atoms with Crippen LogP contribution in [0.25, 0.3) is 0 Å². The lowest BCUT2D eigenvalue weighted by Gasteiger charge is -2.23. The minimum atomic E-state index is -1.05. The van der Waals surface area contributed by atoms with Crippen LogP contribution in [0.2, 0.25) is 5.02 Å². The molecule has 2 aromatic carbocycles. The zero-order valence-corrected chi connectivity index (χ0v) is 17.3. The first-order chi connectivity index (χ1) is 14.4. The van der Waals surface area contributed by atoms with Crippen molar-refractivity contribution in [3.63, 3.8) is 0 Å². The molecule has 1 fully saturated rings. The second kappa shape index (κ2) is 7.99. The molecule has 7 nitrogen and oxygen atoms in total. The lowest BCUT2D eigenvalue weighted by molar-refractivity contribution is -0.138. The third-order valence-electron chi connectivity index (χ3n) is 5.65. The van der Waals surface area contributed by atoms with E-state index in [0.29, 0.717) is 30.2 Å². The number of amides is 4. The van der Waals surface area contributed by atoms with E-state index < -0.39 is 11.6 Å². The first-order valence-corrected chi connectivity index (χ1v) is 10.1. The third-order valence-corrected chi connectivity index (χ3v) is 5.90. The number of nitrogens with zero attached hydrogens (tertiary/aromatic N) is 2. The van der Waals surface area contributed by atoms with Gasteiger partial charge in [0, 0.05) is 12.1 Å². The summed E-state index contributed by atoms with van der Waals surface area (Å²) in [6.45, 7) is 0.298. The average molecular weight is 428 g/mol. The predicted octanol–water partition coefficient (Wildman–Crippen LogP) is 2.57. The van der Waals surface area contributed by atoms with Crippen molar-refractivity contribution in [1.29, 1.82) is 0 Å². The van der Waals surface area contributed by atoms with E-state index in [1.807, 2.05) is 24.3 Å². The first kappa shape index (κ1) is 20.2. The van der Waals surface area contributed by atoms with Gasteiger partial charge in [-0.25, -0.2) is 4.79 Å². The van der Waals surface area contributed by atoms with Crippen molar-refractivity contribution in [2.24, 2.45) is 0 Å². The summed E-state index contributed by atoms with van der Waals surface area (Å²) >= 11 is 5.84. The van der Waals surface area contributed by atoms with Gasteiger partial charge in [-0.3, -0.25) is 14.5 Å². The first-order valence-electron chi connectivity index (χ1n) is 9.75. The van der Waals surface area contributed by atoms with E-state index in [4.69, 9.17) is 16.3 Å². The van der Waals surface area contributed by atoms with Crippen LogP contribution in [-0.4, -0.2) is 54.4 Å². The molecule has 8 heteroatoms. The topological polar surface area (TPSA) is 79.0 Å². The summed E-state index contributed by atoms with van der Waals surface area (Å²) < 4.78 is 5.60. The molecule has 0 aromatic heterocycles. The predicted molar refractivity (Wildman–Crippen MR) is 111 cm³/mol. The zero-order valence-electron chi connectivity index (χ0n) is 16.6. The molecule has 0 radical (unpaired) electrons. The highest BCUT2D eigenvalue weighted by molar-refractivity contribution is 6.30. The summed E-state index contributed by atoms with van der Waals surface area (Å²) in [7, 11) is 1.62. The highest BCUT2D eigenvalue weighted by atomic mass is 35.5. The molecule has 1 saturated heterocycles. The number of benzene rings is 2. The van der Waals surface area contributed by atoms with Gasteiger partial charge < -0.3 is 15.0 Å². The molecule has 1 aliphatic carbocycles. The molecule has 30 heavy (non-hydrogen) atoms. The molecule has 0 unspecified atom stereocenters. The normalized spacial score (nSPS) is 19.7. The van der Waals surface area contributed by atoms with Crippen molar-refractivity contribution < 1.29 is 19.1 Å². The number of likely N-dealkylation sites (N-methyl/N-ethyl adjacent to an activating group) is 1. The van der Waals surface area contributed by atoms with Crippen LogP contribution in [0, 0.1) is 0 Å². The lowest BCUT2D eigenvalue weighted by Crippen LogP contribution is -2.44. The van der Waals surface area contributed by atoms with Crippen LogP contribution >= 0.6 is 11.6 Å². The van der Waals surface area contributed by atoms with Crippen molar-refractivity contribution in [2.45, 2.75) is 18.4 Å². The lowest BCUT2D eigenvalue weighted by atomic mass is 9.92. The number of hydrogen-bond donors (Lipinski definition) is 1. The van der Waals surface area contributed by atoms with Crippen molar-refractivity contribution in [1.82, 2.24) is 15.1 Å². The van der Waals surface area contributed by atoms with Crippen LogP contribution in [0.5, 0.6) is 5.75 Å². The smallest absolute Gasteiger partial charge is 0.325 e. The minimum absolute atomic E-state index is 0.279. The maximum atomic E-state index is 13.1. The molecule has 0 saturated carbocycles. The Kier molecular flexibility index (Phi) is 5.39. The summed E-state index contributed by atoms with van der Waals surface area (Å²) in [5.74, 6) is -0.0469. The number of hydrogen-bond acceptors (Lipinski definition) is 4. The molecule has 1 heterocycles. The van der Waals surface area contributed by atoms with E-state index in [1.54, 1.807) is 31.3 Å². The van der Waals surface area contributed by atoms with Crippen molar-refractivity contribution in [3.8, 4) is 5.75 Å². The van der Waals surface area contributed by atoms with Crippen LogP contribution in [-0.2, 0) is 21.5 Å². The summed E-state index contributed by atoms with van der Waals surface area (Å²) in [5, 5.41) is 3.45. The molecule has 156 valence electrons. The Morgan fingerprint density at radius 3 is 2.70 bits per heavy atom. The van der Waals surface area contributed by atoms with Crippen LogP contribution < -0.4 is 10.1 Å². The molecule has 0 bridgehead atoms. The summed E-state index contributed by atoms with van der Waals surface area (Å²) in [6.07, 6.45) is 1.22. The Bertz CT molecular complexity index is 994. The fraction of sp³-hybridized carbons (Fsp3) is 0.318. The zero-order chi connectivity index (χ0) is 21.3. The molecule has 4 rings (SSSR count). The Morgan fingerprint density at radius 1 is 1.20 bits per heavy atom. The van der Waals surface area contributed by atoms with E-state index in [0.717, 1.165) is 16.0 Å². The molecule has 1 spiro atoms. The molecule has 1 aliphatic heterocycles. The molecular weight excluding hydrogens is 406 g/mol. The van der Waals surface area contributed by atoms with E-state index in [-0.39, 0.29) is 25.0 Å². The number of nitrogens with one attached hydrogen (secondary N) is 1. The number of rotatable bonds is 6. The number of carbonyl (C=O) groups is 3. The molecular formula is C22H22ClN3O4. The Morgan fingerprint density at radius 2 is 1.93 bits per heavy atom.